The van der Waals surface area contributed by atoms with Gasteiger partial charge in [-0.05, 0) is 0 Å². The number of H-pyrrole nitrogens is 1. The smallest absolute Gasteiger partial charge is 0.277 e. The van der Waals surface area contributed by atoms with E-state index >= 15 is 0 Å². The predicted molar refractivity (Wildman–Crippen MR) is 83.4 cm³/mol. The van der Waals surface area contributed by atoms with Crippen LogP contribution in [0.3, 0.4) is 0 Å². The molecule has 0 saturated carbocycles. The van der Waals surface area contributed by atoms with E-state index in [1.807, 2.05) is 0 Å². The van der Waals surface area contributed by atoms with E-state index < -0.39 is 30.1 Å². The molecule has 5 N–H and O–H groups in total. The van der Waals surface area contributed by atoms with Gasteiger partial charge >= 0.3 is 0 Å². The number of imidazole rings is 1. The molecule has 0 aromatic carbocycles. The molecule has 2 aromatic rings. The number of hydrogen-bond acceptors (Lipinski definition) is 8. The topological polar surface area (TPSA) is 145 Å². The fraction of sp³-hybridized carbons (Fsp3) is 0.571. The Bertz CT molecular complexity index is 759. The average molecular weight is 340 g/mol. The van der Waals surface area contributed by atoms with Gasteiger partial charge in [0.1, 0.15) is 24.1 Å². The summed E-state index contributed by atoms with van der Waals surface area (Å²) in [4.78, 5) is 18.5. The summed E-state index contributed by atoms with van der Waals surface area (Å²) < 4.78 is 17.9. The highest BCUT2D eigenvalue weighted by atomic mass is 16.6. The van der Waals surface area contributed by atoms with Crippen LogP contribution >= 0.6 is 0 Å². The van der Waals surface area contributed by atoms with Crippen LogP contribution in [-0.4, -0.2) is 70.0 Å². The molecule has 1 aliphatic heterocycles. The van der Waals surface area contributed by atoms with Gasteiger partial charge < -0.3 is 39.7 Å². The van der Waals surface area contributed by atoms with Gasteiger partial charge in [-0.15, -0.1) is 0 Å². The molecular weight excluding hydrogens is 320 g/mol. The standard InChI is InChI=1S/C14H20N4O6/c1-22-2-3-23-12-11(20)8(5-19)24-14(12)18-6-16-10-7(18)4-9(15)17-13(10)21/h4,6,8,11-12,14,19-20H,2-3,5H2,1H3,(H3,15,17,21)/t8-,11-,12-,14-/m1/s1. The number of aromatic amines is 1. The molecule has 24 heavy (non-hydrogen) atoms. The SMILES string of the molecule is COCCO[C@@H]1[C@H](O)[C@@H](CO)O[C@H]1n1cnc2c(=O)[nH]c(N)cc21. The zero-order valence-electron chi connectivity index (χ0n) is 13.1. The van der Waals surface area contributed by atoms with E-state index in [9.17, 15) is 15.0 Å². The van der Waals surface area contributed by atoms with Crippen molar-refractivity contribution in [2.45, 2.75) is 24.5 Å². The number of pyridine rings is 1. The lowest BCUT2D eigenvalue weighted by Crippen LogP contribution is -2.36. The second-order valence-electron chi connectivity index (χ2n) is 5.51. The fourth-order valence-electron chi connectivity index (χ4n) is 2.81. The van der Waals surface area contributed by atoms with Crippen molar-refractivity contribution in [3.05, 3.63) is 22.7 Å². The summed E-state index contributed by atoms with van der Waals surface area (Å²) in [7, 11) is 1.54. The molecule has 0 aliphatic carbocycles. The zero-order chi connectivity index (χ0) is 17.3. The minimum Gasteiger partial charge on any atom is -0.394 e. The lowest BCUT2D eigenvalue weighted by molar-refractivity contribution is -0.0783. The summed E-state index contributed by atoms with van der Waals surface area (Å²) in [5.74, 6) is 0.184. The van der Waals surface area contributed by atoms with Gasteiger partial charge in [-0.1, -0.05) is 0 Å². The van der Waals surface area contributed by atoms with Crippen molar-refractivity contribution in [3.63, 3.8) is 0 Å². The maximum atomic E-state index is 11.9. The molecule has 1 aliphatic rings. The van der Waals surface area contributed by atoms with Gasteiger partial charge in [0, 0.05) is 13.2 Å². The average Bonchev–Trinajstić information content (AvgIpc) is 3.09. The normalized spacial score (nSPS) is 27.1. The molecular formula is C14H20N4O6. The number of aliphatic hydroxyl groups is 2. The summed E-state index contributed by atoms with van der Waals surface area (Å²) in [6.07, 6.45) is -1.94. The number of hydrogen-bond donors (Lipinski definition) is 4. The van der Waals surface area contributed by atoms with E-state index in [-0.39, 0.29) is 24.5 Å². The van der Waals surface area contributed by atoms with Crippen LogP contribution < -0.4 is 11.3 Å². The molecule has 3 heterocycles. The van der Waals surface area contributed by atoms with Crippen molar-refractivity contribution < 1.29 is 24.4 Å². The van der Waals surface area contributed by atoms with Crippen LogP contribution in [0.15, 0.2) is 17.2 Å². The van der Waals surface area contributed by atoms with Crippen molar-refractivity contribution >= 4 is 16.9 Å². The molecule has 1 fully saturated rings. The molecule has 0 unspecified atom stereocenters. The second kappa shape index (κ2) is 6.87. The third-order valence-electron chi connectivity index (χ3n) is 3.96. The van der Waals surface area contributed by atoms with Gasteiger partial charge in [0.2, 0.25) is 0 Å². The molecule has 0 spiro atoms. The summed E-state index contributed by atoms with van der Waals surface area (Å²) in [6, 6.07) is 1.55. The Balaban J connectivity index is 1.97. The number of nitrogens with two attached hydrogens (primary N) is 1. The number of nitrogen functional groups attached to an aromatic ring is 1. The minimum absolute atomic E-state index is 0.184. The van der Waals surface area contributed by atoms with Crippen LogP contribution in [-0.2, 0) is 14.2 Å². The number of ether oxygens (including phenoxy) is 3. The van der Waals surface area contributed by atoms with Crippen LogP contribution in [0.4, 0.5) is 5.82 Å². The van der Waals surface area contributed by atoms with Gasteiger partial charge in [0.05, 0.1) is 31.7 Å². The lowest BCUT2D eigenvalue weighted by atomic mass is 10.1. The van der Waals surface area contributed by atoms with Crippen molar-refractivity contribution in [1.29, 1.82) is 0 Å². The molecule has 1 saturated heterocycles. The first-order valence-corrected chi connectivity index (χ1v) is 7.47. The van der Waals surface area contributed by atoms with Crippen LogP contribution in [0, 0.1) is 0 Å². The quantitative estimate of drug-likeness (QED) is 0.469. The Morgan fingerprint density at radius 2 is 2.29 bits per heavy atom. The van der Waals surface area contributed by atoms with Gasteiger partial charge in [-0.25, -0.2) is 4.98 Å². The zero-order valence-corrected chi connectivity index (χ0v) is 13.1. The summed E-state index contributed by atoms with van der Waals surface area (Å²) in [5.41, 5.74) is 5.92. The van der Waals surface area contributed by atoms with E-state index in [0.717, 1.165) is 0 Å². The Morgan fingerprint density at radius 1 is 1.50 bits per heavy atom. The number of rotatable bonds is 6. The van der Waals surface area contributed by atoms with Gasteiger partial charge in [-0.2, -0.15) is 0 Å². The molecule has 0 bridgehead atoms. The van der Waals surface area contributed by atoms with E-state index in [2.05, 4.69) is 9.97 Å². The summed E-state index contributed by atoms with van der Waals surface area (Å²) >= 11 is 0. The highest BCUT2D eigenvalue weighted by molar-refractivity contribution is 5.76. The fourth-order valence-corrected chi connectivity index (χ4v) is 2.81. The third-order valence-corrected chi connectivity index (χ3v) is 3.96. The predicted octanol–water partition coefficient (Wildman–Crippen LogP) is -1.41. The molecule has 10 nitrogen and oxygen atoms in total. The highest BCUT2D eigenvalue weighted by Crippen LogP contribution is 2.33. The Morgan fingerprint density at radius 3 is 3.00 bits per heavy atom. The van der Waals surface area contributed by atoms with Gasteiger partial charge in [-0.3, -0.25) is 4.79 Å². The number of fused-ring (bicyclic) bond motifs is 1. The largest absolute Gasteiger partial charge is 0.394 e. The van der Waals surface area contributed by atoms with Crippen molar-refractivity contribution in [2.75, 3.05) is 32.7 Å². The Labute approximate surface area is 136 Å². The monoisotopic (exact) mass is 340 g/mol. The van der Waals surface area contributed by atoms with Crippen LogP contribution in [0.1, 0.15) is 6.23 Å². The van der Waals surface area contributed by atoms with Crippen LogP contribution in [0.25, 0.3) is 11.0 Å². The second-order valence-corrected chi connectivity index (χ2v) is 5.51. The summed E-state index contributed by atoms with van der Waals surface area (Å²) in [5, 5.41) is 19.7. The van der Waals surface area contributed by atoms with Gasteiger partial charge in [0.15, 0.2) is 11.7 Å². The number of nitrogens with one attached hydrogen (secondary N) is 1. The van der Waals surface area contributed by atoms with Crippen molar-refractivity contribution in [3.8, 4) is 0 Å². The first kappa shape index (κ1) is 16.9. The first-order valence-electron chi connectivity index (χ1n) is 7.47. The molecule has 4 atom stereocenters. The van der Waals surface area contributed by atoms with E-state index in [0.29, 0.717) is 12.1 Å². The van der Waals surface area contributed by atoms with Crippen LogP contribution in [0.5, 0.6) is 0 Å². The third kappa shape index (κ3) is 2.89. The first-order chi connectivity index (χ1) is 11.6. The number of nitrogens with zero attached hydrogens (tertiary/aromatic N) is 2. The number of aromatic nitrogens is 3. The Kier molecular flexibility index (Phi) is 4.83. The van der Waals surface area contributed by atoms with Crippen molar-refractivity contribution in [1.82, 2.24) is 14.5 Å². The molecule has 0 amide bonds. The number of aliphatic hydroxyl groups excluding tert-OH is 2. The molecule has 132 valence electrons. The number of methoxy groups -OCH3 is 1. The molecule has 3 rings (SSSR count). The number of anilines is 1. The van der Waals surface area contributed by atoms with E-state index in [1.165, 1.54) is 13.4 Å². The van der Waals surface area contributed by atoms with E-state index in [4.69, 9.17) is 19.9 Å². The maximum absolute atomic E-state index is 11.9. The molecule has 2 aromatic heterocycles. The highest BCUT2D eigenvalue weighted by Gasteiger charge is 2.45. The minimum atomic E-state index is -1.03. The molecule has 0 radical (unpaired) electrons. The maximum Gasteiger partial charge on any atom is 0.277 e. The molecule has 10 heteroatoms. The van der Waals surface area contributed by atoms with E-state index in [1.54, 1.807) is 10.6 Å². The summed E-state index contributed by atoms with van der Waals surface area (Å²) in [6.45, 7) is 0.222. The lowest BCUT2D eigenvalue weighted by Gasteiger charge is -2.22. The Hall–Kier alpha value is -1.98. The van der Waals surface area contributed by atoms with Crippen LogP contribution in [0.2, 0.25) is 0 Å². The van der Waals surface area contributed by atoms with Crippen molar-refractivity contribution in [2.24, 2.45) is 0 Å². The van der Waals surface area contributed by atoms with Gasteiger partial charge in [0.25, 0.3) is 5.56 Å².